The van der Waals surface area contributed by atoms with Crippen molar-refractivity contribution in [2.75, 3.05) is 18.0 Å². The Bertz CT molecular complexity index is 1190. The van der Waals surface area contributed by atoms with E-state index in [1.807, 2.05) is 28.9 Å². The summed E-state index contributed by atoms with van der Waals surface area (Å²) in [6.45, 7) is 1.49. The maximum atomic E-state index is 13.1. The van der Waals surface area contributed by atoms with E-state index in [9.17, 15) is 9.18 Å². The van der Waals surface area contributed by atoms with Gasteiger partial charge in [0.05, 0.1) is 5.52 Å². The molecule has 7 nitrogen and oxygen atoms in total. The van der Waals surface area contributed by atoms with Crippen LogP contribution in [0.25, 0.3) is 16.6 Å². The lowest BCUT2D eigenvalue weighted by Crippen LogP contribution is -2.38. The highest BCUT2D eigenvalue weighted by Gasteiger charge is 2.27. The zero-order chi connectivity index (χ0) is 20.5. The lowest BCUT2D eigenvalue weighted by Gasteiger charge is -2.18. The fourth-order valence-corrected chi connectivity index (χ4v) is 3.76. The number of fused-ring (bicyclic) bond motifs is 1. The molecule has 4 aromatic rings. The first kappa shape index (κ1) is 18.2. The van der Waals surface area contributed by atoms with E-state index in [0.717, 1.165) is 35.4 Å². The second kappa shape index (κ2) is 7.55. The first-order chi connectivity index (χ1) is 14.7. The number of nitrogens with one attached hydrogen (secondary N) is 1. The number of aromatic nitrogens is 4. The molecule has 1 amide bonds. The quantitative estimate of drug-likeness (QED) is 0.568. The molecule has 1 atom stereocenters. The first-order valence-corrected chi connectivity index (χ1v) is 9.73. The Morgan fingerprint density at radius 1 is 1.03 bits per heavy atom. The lowest BCUT2D eigenvalue weighted by molar-refractivity contribution is 0.0930. The van der Waals surface area contributed by atoms with E-state index in [0.29, 0.717) is 6.54 Å². The van der Waals surface area contributed by atoms with Crippen LogP contribution in [0.2, 0.25) is 0 Å². The number of hydrogen-bond donors (Lipinski definition) is 1. The van der Waals surface area contributed by atoms with Crippen molar-refractivity contribution < 1.29 is 9.18 Å². The molecule has 1 saturated heterocycles. The SMILES string of the molecule is O=C(N[C@H]1CCN(c2nccn3cccc23)C1)c1ncc(-c2ccc(F)cc2)cn1. The van der Waals surface area contributed by atoms with Crippen LogP contribution in [0.1, 0.15) is 17.0 Å². The second-order valence-electron chi connectivity index (χ2n) is 7.26. The Morgan fingerprint density at radius 3 is 2.63 bits per heavy atom. The minimum Gasteiger partial charge on any atom is -0.353 e. The largest absolute Gasteiger partial charge is 0.353 e. The van der Waals surface area contributed by atoms with E-state index >= 15 is 0 Å². The summed E-state index contributed by atoms with van der Waals surface area (Å²) in [5.74, 6) is 0.427. The molecule has 1 aliphatic heterocycles. The Hall–Kier alpha value is -3.81. The molecule has 30 heavy (non-hydrogen) atoms. The van der Waals surface area contributed by atoms with Gasteiger partial charge in [0.15, 0.2) is 5.82 Å². The van der Waals surface area contributed by atoms with Crippen LogP contribution >= 0.6 is 0 Å². The average Bonchev–Trinajstić information content (AvgIpc) is 3.44. The van der Waals surface area contributed by atoms with Crippen LogP contribution in [-0.4, -0.2) is 44.4 Å². The molecular formula is C22H19FN6O. The molecule has 0 saturated carbocycles. The zero-order valence-corrected chi connectivity index (χ0v) is 16.1. The Balaban J connectivity index is 1.25. The number of amides is 1. The van der Waals surface area contributed by atoms with Gasteiger partial charge in [-0.25, -0.2) is 19.3 Å². The van der Waals surface area contributed by atoms with E-state index in [4.69, 9.17) is 0 Å². The minimum absolute atomic E-state index is 0.00473. The number of rotatable bonds is 4. The van der Waals surface area contributed by atoms with Crippen molar-refractivity contribution in [1.29, 1.82) is 0 Å². The van der Waals surface area contributed by atoms with Crippen LogP contribution in [-0.2, 0) is 0 Å². The van der Waals surface area contributed by atoms with Gasteiger partial charge >= 0.3 is 0 Å². The number of halogens is 1. The summed E-state index contributed by atoms with van der Waals surface area (Å²) in [5.41, 5.74) is 2.57. The monoisotopic (exact) mass is 402 g/mol. The van der Waals surface area contributed by atoms with Crippen molar-refractivity contribution in [3.8, 4) is 11.1 Å². The van der Waals surface area contributed by atoms with Crippen molar-refractivity contribution in [1.82, 2.24) is 24.7 Å². The molecule has 150 valence electrons. The molecule has 0 spiro atoms. The molecule has 5 rings (SSSR count). The standard InChI is InChI=1S/C22H19FN6O/c23-17-5-3-15(4-6-17)16-12-25-20(26-13-16)22(30)27-18-7-10-29(14-18)21-19-2-1-9-28(19)11-8-24-21/h1-6,8-9,11-13,18H,7,10,14H2,(H,27,30)/t18-/m0/s1. The van der Waals surface area contributed by atoms with E-state index < -0.39 is 0 Å². The van der Waals surface area contributed by atoms with Gasteiger partial charge in [0.1, 0.15) is 5.82 Å². The third-order valence-corrected chi connectivity index (χ3v) is 5.29. The molecule has 0 unspecified atom stereocenters. The van der Waals surface area contributed by atoms with Crippen molar-refractivity contribution in [2.24, 2.45) is 0 Å². The average molecular weight is 402 g/mol. The topological polar surface area (TPSA) is 75.4 Å². The highest BCUT2D eigenvalue weighted by Crippen LogP contribution is 2.23. The smallest absolute Gasteiger partial charge is 0.289 e. The van der Waals surface area contributed by atoms with Crippen LogP contribution < -0.4 is 10.2 Å². The molecule has 3 aromatic heterocycles. The van der Waals surface area contributed by atoms with Gasteiger partial charge in [-0.2, -0.15) is 0 Å². The maximum Gasteiger partial charge on any atom is 0.289 e. The Labute approximate surface area is 172 Å². The van der Waals surface area contributed by atoms with Crippen LogP contribution in [0.15, 0.2) is 67.4 Å². The maximum absolute atomic E-state index is 13.1. The van der Waals surface area contributed by atoms with E-state index in [2.05, 4.69) is 25.2 Å². The zero-order valence-electron chi connectivity index (χ0n) is 16.1. The molecule has 0 radical (unpaired) electrons. The molecule has 0 aliphatic carbocycles. The fourth-order valence-electron chi connectivity index (χ4n) is 3.76. The van der Waals surface area contributed by atoms with Crippen molar-refractivity contribution in [2.45, 2.75) is 12.5 Å². The molecule has 4 heterocycles. The minimum atomic E-state index is -0.304. The number of carbonyl (C=O) groups is 1. The third-order valence-electron chi connectivity index (χ3n) is 5.29. The Morgan fingerprint density at radius 2 is 1.83 bits per heavy atom. The molecule has 0 bridgehead atoms. The van der Waals surface area contributed by atoms with Gasteiger partial charge in [-0.15, -0.1) is 0 Å². The predicted molar refractivity (Wildman–Crippen MR) is 111 cm³/mol. The van der Waals surface area contributed by atoms with Crippen LogP contribution in [0.3, 0.4) is 0 Å². The van der Waals surface area contributed by atoms with E-state index in [1.54, 1.807) is 30.7 Å². The van der Waals surface area contributed by atoms with Gasteiger partial charge in [-0.05, 0) is 36.2 Å². The molecule has 1 aliphatic rings. The summed E-state index contributed by atoms with van der Waals surface area (Å²) in [4.78, 5) is 27.7. The van der Waals surface area contributed by atoms with Crippen LogP contribution in [0, 0.1) is 5.82 Å². The summed E-state index contributed by atoms with van der Waals surface area (Å²) >= 11 is 0. The first-order valence-electron chi connectivity index (χ1n) is 9.73. The number of nitrogens with zero attached hydrogens (tertiary/aromatic N) is 5. The normalized spacial score (nSPS) is 16.2. The highest BCUT2D eigenvalue weighted by atomic mass is 19.1. The van der Waals surface area contributed by atoms with Gasteiger partial charge in [-0.1, -0.05) is 12.1 Å². The summed E-state index contributed by atoms with van der Waals surface area (Å²) in [6, 6.07) is 10.1. The summed E-state index contributed by atoms with van der Waals surface area (Å²) in [5, 5.41) is 3.01. The van der Waals surface area contributed by atoms with Crippen LogP contribution in [0.4, 0.5) is 10.2 Å². The van der Waals surface area contributed by atoms with Gasteiger partial charge < -0.3 is 14.6 Å². The highest BCUT2D eigenvalue weighted by molar-refractivity contribution is 5.91. The third kappa shape index (κ3) is 3.47. The Kier molecular flexibility index (Phi) is 4.59. The molecule has 8 heteroatoms. The summed E-state index contributed by atoms with van der Waals surface area (Å²) in [6.07, 6.45) is 9.66. The predicted octanol–water partition coefficient (Wildman–Crippen LogP) is 2.94. The van der Waals surface area contributed by atoms with Gasteiger partial charge in [-0.3, -0.25) is 4.79 Å². The van der Waals surface area contributed by atoms with Crippen molar-refractivity contribution in [3.63, 3.8) is 0 Å². The fraction of sp³-hybridized carbons (Fsp3) is 0.182. The molecule has 1 fully saturated rings. The number of hydrogen-bond acceptors (Lipinski definition) is 5. The van der Waals surface area contributed by atoms with Crippen molar-refractivity contribution in [3.05, 3.63) is 79.0 Å². The number of anilines is 1. The second-order valence-corrected chi connectivity index (χ2v) is 7.26. The molecular weight excluding hydrogens is 383 g/mol. The van der Waals surface area contributed by atoms with Gasteiger partial charge in [0.2, 0.25) is 5.82 Å². The van der Waals surface area contributed by atoms with Gasteiger partial charge in [0.25, 0.3) is 5.91 Å². The van der Waals surface area contributed by atoms with Crippen LogP contribution in [0.5, 0.6) is 0 Å². The van der Waals surface area contributed by atoms with Gasteiger partial charge in [0, 0.05) is 55.7 Å². The van der Waals surface area contributed by atoms with Crippen molar-refractivity contribution >= 4 is 17.2 Å². The van der Waals surface area contributed by atoms with E-state index in [1.165, 1.54) is 12.1 Å². The molecule has 1 N–H and O–H groups in total. The lowest BCUT2D eigenvalue weighted by atomic mass is 10.1. The number of benzene rings is 1. The summed E-state index contributed by atoms with van der Waals surface area (Å²) in [7, 11) is 0. The molecule has 1 aromatic carbocycles. The summed E-state index contributed by atoms with van der Waals surface area (Å²) < 4.78 is 15.1. The number of carbonyl (C=O) groups excluding carboxylic acids is 1. The van der Waals surface area contributed by atoms with E-state index in [-0.39, 0.29) is 23.6 Å².